The van der Waals surface area contributed by atoms with Gasteiger partial charge in [-0.05, 0) is 55.4 Å². The van der Waals surface area contributed by atoms with E-state index in [1.165, 1.54) is 29.5 Å². The summed E-state index contributed by atoms with van der Waals surface area (Å²) in [5, 5.41) is 2.92. The number of anilines is 1. The lowest BCUT2D eigenvalue weighted by Gasteiger charge is -2.21. The monoisotopic (exact) mass is 203 g/mol. The van der Waals surface area contributed by atoms with Gasteiger partial charge in [0.25, 0.3) is 0 Å². The minimum atomic E-state index is 0.0200. The molecule has 0 heterocycles. The summed E-state index contributed by atoms with van der Waals surface area (Å²) in [4.78, 5) is 11.1. The Kier molecular flexibility index (Phi) is 2.76. The molecule has 1 aromatic rings. The highest BCUT2D eigenvalue weighted by Crippen LogP contribution is 2.30. The van der Waals surface area contributed by atoms with Crippen molar-refractivity contribution >= 4 is 11.6 Å². The van der Waals surface area contributed by atoms with Crippen LogP contribution in [-0.2, 0) is 17.6 Å². The Hall–Kier alpha value is -1.31. The molecule has 0 saturated carbocycles. The van der Waals surface area contributed by atoms with Crippen molar-refractivity contribution in [3.05, 3.63) is 28.8 Å². The van der Waals surface area contributed by atoms with Gasteiger partial charge >= 0.3 is 0 Å². The van der Waals surface area contributed by atoms with Gasteiger partial charge in [-0.1, -0.05) is 6.07 Å². The second-order valence-corrected chi connectivity index (χ2v) is 4.28. The Morgan fingerprint density at radius 3 is 2.53 bits per heavy atom. The van der Waals surface area contributed by atoms with Crippen LogP contribution in [0, 0.1) is 6.92 Å². The predicted octanol–water partition coefficient (Wildman–Crippen LogP) is 2.83. The molecule has 1 aliphatic rings. The van der Waals surface area contributed by atoms with Gasteiger partial charge < -0.3 is 5.32 Å². The molecule has 0 radical (unpaired) electrons. The fourth-order valence-corrected chi connectivity index (χ4v) is 2.35. The van der Waals surface area contributed by atoms with E-state index < -0.39 is 0 Å². The average molecular weight is 203 g/mol. The number of hydrogen-bond acceptors (Lipinski definition) is 1. The quantitative estimate of drug-likeness (QED) is 0.747. The van der Waals surface area contributed by atoms with E-state index in [1.54, 1.807) is 6.92 Å². The number of aryl methyl sites for hydroxylation is 1. The summed E-state index contributed by atoms with van der Waals surface area (Å²) < 4.78 is 0. The highest BCUT2D eigenvalue weighted by atomic mass is 16.1. The lowest BCUT2D eigenvalue weighted by molar-refractivity contribution is -0.114. The molecule has 1 N–H and O–H groups in total. The van der Waals surface area contributed by atoms with Gasteiger partial charge in [0.15, 0.2) is 0 Å². The van der Waals surface area contributed by atoms with Crippen molar-refractivity contribution in [1.82, 2.24) is 0 Å². The summed E-state index contributed by atoms with van der Waals surface area (Å²) >= 11 is 0. The van der Waals surface area contributed by atoms with Gasteiger partial charge in [0, 0.05) is 12.6 Å². The van der Waals surface area contributed by atoms with Crippen LogP contribution in [0.25, 0.3) is 0 Å². The molecule has 1 aromatic carbocycles. The molecule has 0 fully saturated rings. The smallest absolute Gasteiger partial charge is 0.221 e. The Labute approximate surface area is 90.7 Å². The van der Waals surface area contributed by atoms with Crippen LogP contribution >= 0.6 is 0 Å². The van der Waals surface area contributed by atoms with Crippen molar-refractivity contribution in [3.8, 4) is 0 Å². The zero-order valence-corrected chi connectivity index (χ0v) is 9.39. The fourth-order valence-electron chi connectivity index (χ4n) is 2.35. The summed E-state index contributed by atoms with van der Waals surface area (Å²) in [6.07, 6.45) is 4.78. The third-order valence-electron chi connectivity index (χ3n) is 3.08. The van der Waals surface area contributed by atoms with E-state index in [4.69, 9.17) is 0 Å². The number of fused-ring (bicyclic) bond motifs is 1. The summed E-state index contributed by atoms with van der Waals surface area (Å²) in [7, 11) is 0. The van der Waals surface area contributed by atoms with Crippen LogP contribution in [-0.4, -0.2) is 5.91 Å². The molecule has 0 aromatic heterocycles. The molecule has 2 nitrogen and oxygen atoms in total. The van der Waals surface area contributed by atoms with Crippen molar-refractivity contribution in [2.24, 2.45) is 0 Å². The van der Waals surface area contributed by atoms with Crippen molar-refractivity contribution in [2.45, 2.75) is 39.5 Å². The van der Waals surface area contributed by atoms with Crippen molar-refractivity contribution in [1.29, 1.82) is 0 Å². The lowest BCUT2D eigenvalue weighted by atomic mass is 9.87. The molecule has 0 unspecified atom stereocenters. The standard InChI is InChI=1S/C13H17NO/c1-9-7-8-13(14-10(2)15)12-6-4-3-5-11(9)12/h7-8H,3-6H2,1-2H3,(H,14,15). The van der Waals surface area contributed by atoms with Crippen LogP contribution in [0.4, 0.5) is 5.69 Å². The number of carbonyl (C=O) groups is 1. The van der Waals surface area contributed by atoms with Gasteiger partial charge in [-0.3, -0.25) is 4.79 Å². The number of nitrogens with one attached hydrogen (secondary N) is 1. The largest absolute Gasteiger partial charge is 0.326 e. The first-order valence-corrected chi connectivity index (χ1v) is 5.57. The number of rotatable bonds is 1. The molecule has 0 bridgehead atoms. The molecular formula is C13H17NO. The van der Waals surface area contributed by atoms with Crippen molar-refractivity contribution < 1.29 is 4.79 Å². The third-order valence-corrected chi connectivity index (χ3v) is 3.08. The first kappa shape index (κ1) is 10.2. The van der Waals surface area contributed by atoms with Crippen LogP contribution in [0.1, 0.15) is 36.5 Å². The minimum Gasteiger partial charge on any atom is -0.326 e. The first-order valence-electron chi connectivity index (χ1n) is 5.57. The maximum Gasteiger partial charge on any atom is 0.221 e. The second-order valence-electron chi connectivity index (χ2n) is 4.28. The number of carbonyl (C=O) groups excluding carboxylic acids is 1. The normalized spacial score (nSPS) is 14.5. The summed E-state index contributed by atoms with van der Waals surface area (Å²) in [6.45, 7) is 3.72. The SMILES string of the molecule is CC(=O)Nc1ccc(C)c2c1CCCC2. The molecule has 1 aliphatic carbocycles. The maximum atomic E-state index is 11.1. The van der Waals surface area contributed by atoms with Crippen molar-refractivity contribution in [3.63, 3.8) is 0 Å². The zero-order valence-electron chi connectivity index (χ0n) is 9.39. The number of amides is 1. The highest BCUT2D eigenvalue weighted by molar-refractivity contribution is 5.89. The number of benzene rings is 1. The third kappa shape index (κ3) is 2.04. The average Bonchev–Trinajstić information content (AvgIpc) is 2.22. The van der Waals surface area contributed by atoms with E-state index in [0.717, 1.165) is 18.5 Å². The van der Waals surface area contributed by atoms with E-state index in [1.807, 2.05) is 6.07 Å². The molecule has 0 atom stereocenters. The Balaban J connectivity index is 2.43. The van der Waals surface area contributed by atoms with Gasteiger partial charge in [-0.2, -0.15) is 0 Å². The van der Waals surface area contributed by atoms with E-state index in [0.29, 0.717) is 0 Å². The van der Waals surface area contributed by atoms with E-state index in [2.05, 4.69) is 18.3 Å². The van der Waals surface area contributed by atoms with Gasteiger partial charge in [0.1, 0.15) is 0 Å². The van der Waals surface area contributed by atoms with Crippen LogP contribution in [0.3, 0.4) is 0 Å². The Morgan fingerprint density at radius 2 is 1.87 bits per heavy atom. The van der Waals surface area contributed by atoms with Crippen LogP contribution in [0.15, 0.2) is 12.1 Å². The van der Waals surface area contributed by atoms with E-state index >= 15 is 0 Å². The first-order chi connectivity index (χ1) is 7.18. The minimum absolute atomic E-state index is 0.0200. The topological polar surface area (TPSA) is 29.1 Å². The van der Waals surface area contributed by atoms with Crippen LogP contribution < -0.4 is 5.32 Å². The Bertz CT molecular complexity index is 396. The molecule has 0 spiro atoms. The lowest BCUT2D eigenvalue weighted by Crippen LogP contribution is -2.13. The maximum absolute atomic E-state index is 11.1. The molecular weight excluding hydrogens is 186 g/mol. The number of hydrogen-bond donors (Lipinski definition) is 1. The van der Waals surface area contributed by atoms with E-state index in [-0.39, 0.29) is 5.91 Å². The molecule has 80 valence electrons. The predicted molar refractivity (Wildman–Crippen MR) is 62.1 cm³/mol. The summed E-state index contributed by atoms with van der Waals surface area (Å²) in [5.41, 5.74) is 5.19. The Morgan fingerprint density at radius 1 is 1.20 bits per heavy atom. The fraction of sp³-hybridized carbons (Fsp3) is 0.462. The molecule has 15 heavy (non-hydrogen) atoms. The summed E-state index contributed by atoms with van der Waals surface area (Å²) in [5.74, 6) is 0.0200. The molecule has 1 amide bonds. The van der Waals surface area contributed by atoms with Gasteiger partial charge in [0.05, 0.1) is 0 Å². The van der Waals surface area contributed by atoms with Gasteiger partial charge in [0.2, 0.25) is 5.91 Å². The molecule has 0 aliphatic heterocycles. The molecule has 0 saturated heterocycles. The van der Waals surface area contributed by atoms with Crippen LogP contribution in [0.5, 0.6) is 0 Å². The summed E-state index contributed by atoms with van der Waals surface area (Å²) in [6, 6.07) is 4.14. The van der Waals surface area contributed by atoms with Gasteiger partial charge in [-0.15, -0.1) is 0 Å². The molecule has 2 heteroatoms. The molecule has 2 rings (SSSR count). The van der Waals surface area contributed by atoms with Crippen LogP contribution in [0.2, 0.25) is 0 Å². The van der Waals surface area contributed by atoms with Gasteiger partial charge in [-0.25, -0.2) is 0 Å². The highest BCUT2D eigenvalue weighted by Gasteiger charge is 2.15. The zero-order chi connectivity index (χ0) is 10.8. The second kappa shape index (κ2) is 4.05. The van der Waals surface area contributed by atoms with Crippen molar-refractivity contribution in [2.75, 3.05) is 5.32 Å². The van der Waals surface area contributed by atoms with E-state index in [9.17, 15) is 4.79 Å².